The van der Waals surface area contributed by atoms with Crippen molar-refractivity contribution in [2.75, 3.05) is 34.3 Å². The zero-order chi connectivity index (χ0) is 31.6. The molecule has 0 aliphatic carbocycles. The molecule has 2 amide bonds. The van der Waals surface area contributed by atoms with Crippen molar-refractivity contribution in [2.45, 2.75) is 45.3 Å². The van der Waals surface area contributed by atoms with Crippen LogP contribution >= 0.6 is 0 Å². The van der Waals surface area contributed by atoms with E-state index in [4.69, 9.17) is 18.6 Å². The van der Waals surface area contributed by atoms with Gasteiger partial charge in [-0.05, 0) is 75.6 Å². The first-order chi connectivity index (χ1) is 21.0. The third kappa shape index (κ3) is 6.47. The molecule has 4 aromatic rings. The van der Waals surface area contributed by atoms with Crippen molar-refractivity contribution < 1.29 is 28.2 Å². The van der Waals surface area contributed by atoms with E-state index in [0.717, 1.165) is 24.0 Å². The summed E-state index contributed by atoms with van der Waals surface area (Å²) in [4.78, 5) is 32.7. The maximum Gasteiger partial charge on any atom is 0.410 e. The van der Waals surface area contributed by atoms with Crippen molar-refractivity contribution >= 4 is 23.1 Å². The van der Waals surface area contributed by atoms with Crippen LogP contribution in [0.25, 0.3) is 33.6 Å². The first kappa shape index (κ1) is 30.4. The van der Waals surface area contributed by atoms with Crippen LogP contribution in [0.3, 0.4) is 0 Å². The van der Waals surface area contributed by atoms with Crippen LogP contribution < -0.4 is 9.47 Å². The molecule has 2 aromatic heterocycles. The summed E-state index contributed by atoms with van der Waals surface area (Å²) >= 11 is 0. The third-order valence-electron chi connectivity index (χ3n) is 7.27. The molecule has 1 aliphatic heterocycles. The van der Waals surface area contributed by atoms with E-state index in [1.807, 2.05) is 39.0 Å². The molecule has 1 unspecified atom stereocenters. The maximum atomic E-state index is 12.6. The number of nitriles is 1. The number of ether oxygens (including phenoxy) is 3. The zero-order valence-corrected chi connectivity index (χ0v) is 25.8. The molecule has 0 radical (unpaired) electrons. The molecule has 1 saturated heterocycles. The van der Waals surface area contributed by atoms with Crippen molar-refractivity contribution in [2.24, 2.45) is 0 Å². The van der Waals surface area contributed by atoms with E-state index in [-0.39, 0.29) is 18.1 Å². The van der Waals surface area contributed by atoms with E-state index in [2.05, 4.69) is 11.1 Å². The molecule has 0 bridgehead atoms. The Morgan fingerprint density at radius 2 is 1.86 bits per heavy atom. The Labute approximate surface area is 256 Å². The van der Waals surface area contributed by atoms with Crippen LogP contribution in [-0.4, -0.2) is 72.8 Å². The number of fused-ring (bicyclic) bond motifs is 1. The van der Waals surface area contributed by atoms with Crippen LogP contribution in [0.2, 0.25) is 0 Å². The molecular weight excluding hydrogens is 560 g/mol. The van der Waals surface area contributed by atoms with Crippen LogP contribution in [0, 0.1) is 11.3 Å². The number of aromatic nitrogens is 1. The summed E-state index contributed by atoms with van der Waals surface area (Å²) in [5.74, 6) is 1.36. The van der Waals surface area contributed by atoms with E-state index in [0.29, 0.717) is 58.1 Å². The average Bonchev–Trinajstić information content (AvgIpc) is 3.44. The second-order valence-corrected chi connectivity index (χ2v) is 11.9. The van der Waals surface area contributed by atoms with Crippen LogP contribution in [0.15, 0.2) is 59.1 Å². The van der Waals surface area contributed by atoms with Crippen LogP contribution in [0.5, 0.6) is 11.5 Å². The molecule has 0 N–H and O–H groups in total. The number of carbonyl (C=O) groups excluding carboxylic acids is 2. The highest BCUT2D eigenvalue weighted by molar-refractivity contribution is 5.96. The van der Waals surface area contributed by atoms with Gasteiger partial charge in [-0.15, -0.1) is 0 Å². The molecule has 1 aliphatic rings. The van der Waals surface area contributed by atoms with Crippen molar-refractivity contribution in [3.8, 4) is 40.0 Å². The lowest BCUT2D eigenvalue weighted by atomic mass is 10.0. The summed E-state index contributed by atoms with van der Waals surface area (Å²) in [6.07, 6.45) is 2.61. The van der Waals surface area contributed by atoms with Gasteiger partial charge in [-0.25, -0.2) is 4.79 Å². The number of methoxy groups -OCH3 is 1. The Bertz CT molecular complexity index is 1750. The SMILES string of the molecule is COc1cc(C(=O)N(C)C)ccc1-c1cc2nccc(-c3ccc(OC4CCCN(C(=O)OC(C)(C)C)C4)c(C#N)c3)c2o1. The fraction of sp³-hybridized carbons (Fsp3) is 0.353. The van der Waals surface area contributed by atoms with Gasteiger partial charge in [0.05, 0.1) is 24.8 Å². The molecule has 3 heterocycles. The summed E-state index contributed by atoms with van der Waals surface area (Å²) in [6, 6.07) is 16.6. The molecular formula is C34H36N4O6. The van der Waals surface area contributed by atoms with Gasteiger partial charge in [0, 0.05) is 44.0 Å². The van der Waals surface area contributed by atoms with E-state index in [9.17, 15) is 14.9 Å². The topological polar surface area (TPSA) is 118 Å². The first-order valence-corrected chi connectivity index (χ1v) is 14.4. The predicted molar refractivity (Wildman–Crippen MR) is 166 cm³/mol. The van der Waals surface area contributed by atoms with Crippen LogP contribution in [-0.2, 0) is 4.74 Å². The Balaban J connectivity index is 1.41. The molecule has 228 valence electrons. The summed E-state index contributed by atoms with van der Waals surface area (Å²) in [5, 5.41) is 10.0. The average molecular weight is 597 g/mol. The summed E-state index contributed by atoms with van der Waals surface area (Å²) in [5.41, 5.74) is 3.69. The monoisotopic (exact) mass is 596 g/mol. The number of nitrogens with zero attached hydrogens (tertiary/aromatic N) is 4. The molecule has 0 saturated carbocycles. The lowest BCUT2D eigenvalue weighted by Gasteiger charge is -2.34. The van der Waals surface area contributed by atoms with Gasteiger partial charge in [0.15, 0.2) is 5.58 Å². The van der Waals surface area contributed by atoms with Gasteiger partial charge in [0.2, 0.25) is 0 Å². The van der Waals surface area contributed by atoms with Gasteiger partial charge >= 0.3 is 6.09 Å². The Kier molecular flexibility index (Phi) is 8.50. The predicted octanol–water partition coefficient (Wildman–Crippen LogP) is 6.52. The largest absolute Gasteiger partial charge is 0.496 e. The highest BCUT2D eigenvalue weighted by Crippen LogP contribution is 2.38. The van der Waals surface area contributed by atoms with Crippen molar-refractivity contribution in [3.63, 3.8) is 0 Å². The molecule has 10 heteroatoms. The van der Waals surface area contributed by atoms with Crippen molar-refractivity contribution in [1.82, 2.24) is 14.8 Å². The summed E-state index contributed by atoms with van der Waals surface area (Å²) in [7, 11) is 4.94. The van der Waals surface area contributed by atoms with E-state index >= 15 is 0 Å². The lowest BCUT2D eigenvalue weighted by molar-refractivity contribution is 0.00773. The minimum atomic E-state index is -0.578. The van der Waals surface area contributed by atoms with Crippen LogP contribution in [0.1, 0.15) is 49.5 Å². The second-order valence-electron chi connectivity index (χ2n) is 11.9. The number of rotatable bonds is 6. The first-order valence-electron chi connectivity index (χ1n) is 14.4. The fourth-order valence-corrected chi connectivity index (χ4v) is 5.18. The highest BCUT2D eigenvalue weighted by Gasteiger charge is 2.29. The van der Waals surface area contributed by atoms with Gasteiger partial charge in [-0.1, -0.05) is 6.07 Å². The van der Waals surface area contributed by atoms with Crippen molar-refractivity contribution in [1.29, 1.82) is 5.26 Å². The van der Waals surface area contributed by atoms with Crippen LogP contribution in [0.4, 0.5) is 4.79 Å². The molecule has 5 rings (SSSR count). The normalized spacial score (nSPS) is 15.0. The second kappa shape index (κ2) is 12.3. The van der Waals surface area contributed by atoms with Gasteiger partial charge in [-0.3, -0.25) is 9.78 Å². The number of hydrogen-bond donors (Lipinski definition) is 0. The number of furan rings is 1. The Hall–Kier alpha value is -5.04. The molecule has 1 atom stereocenters. The zero-order valence-electron chi connectivity index (χ0n) is 25.8. The molecule has 44 heavy (non-hydrogen) atoms. The quantitative estimate of drug-likeness (QED) is 0.247. The molecule has 1 fully saturated rings. The minimum absolute atomic E-state index is 0.131. The number of pyridine rings is 1. The summed E-state index contributed by atoms with van der Waals surface area (Å²) < 4.78 is 23.7. The number of piperidine rings is 1. The third-order valence-corrected chi connectivity index (χ3v) is 7.27. The van der Waals surface area contributed by atoms with Gasteiger partial charge < -0.3 is 28.4 Å². The Morgan fingerprint density at radius 3 is 2.57 bits per heavy atom. The Morgan fingerprint density at radius 1 is 1.07 bits per heavy atom. The number of likely N-dealkylation sites (tertiary alicyclic amines) is 1. The number of carbonyl (C=O) groups is 2. The molecule has 10 nitrogen and oxygen atoms in total. The smallest absolute Gasteiger partial charge is 0.410 e. The van der Waals surface area contributed by atoms with E-state index in [1.165, 1.54) is 4.90 Å². The molecule has 0 spiro atoms. The lowest BCUT2D eigenvalue weighted by Crippen LogP contribution is -2.46. The number of hydrogen-bond acceptors (Lipinski definition) is 8. The molecule has 2 aromatic carbocycles. The highest BCUT2D eigenvalue weighted by atomic mass is 16.6. The standard InChI is InChI=1S/C34H36N4O6/c1-34(2,3)44-33(40)38-15-7-8-24(20-38)42-28-12-10-21(16-23(28)19-35)25-13-14-36-27-18-30(43-31(25)27)26-11-9-22(17-29(26)41-6)32(39)37(4)5/h9-14,16-18,24H,7-8,15,20H2,1-6H3. The summed E-state index contributed by atoms with van der Waals surface area (Å²) in [6.45, 7) is 6.51. The van der Waals surface area contributed by atoms with Gasteiger partial charge in [0.25, 0.3) is 5.91 Å². The minimum Gasteiger partial charge on any atom is -0.496 e. The van der Waals surface area contributed by atoms with Gasteiger partial charge in [0.1, 0.15) is 40.6 Å². The number of benzene rings is 2. The number of amides is 2. The van der Waals surface area contributed by atoms with Crippen molar-refractivity contribution in [3.05, 3.63) is 65.9 Å². The van der Waals surface area contributed by atoms with E-state index in [1.54, 1.807) is 62.6 Å². The van der Waals surface area contributed by atoms with Gasteiger partial charge in [-0.2, -0.15) is 5.26 Å². The fourth-order valence-electron chi connectivity index (χ4n) is 5.18. The van der Waals surface area contributed by atoms with E-state index < -0.39 is 5.60 Å². The maximum absolute atomic E-state index is 12.6.